The van der Waals surface area contributed by atoms with E-state index in [9.17, 15) is 0 Å². The van der Waals surface area contributed by atoms with Gasteiger partial charge in [0.1, 0.15) is 42.7 Å². The molecule has 0 bridgehead atoms. The first-order chi connectivity index (χ1) is 16.2. The van der Waals surface area contributed by atoms with Crippen LogP contribution in [-0.2, 0) is 18.9 Å². The van der Waals surface area contributed by atoms with Crippen molar-refractivity contribution >= 4 is 23.2 Å². The van der Waals surface area contributed by atoms with Crippen LogP contribution in [0.2, 0.25) is 0 Å². The standard InChI is InChI=1S/C23H31N7O4/c1-7-15(10-14(2)28-24)31-11-17-18-19(34-23(3,4)33-18)22(32-17)30-9-8-16-20(27-13-29(5)6)25-12-26-21(16)30/h7-10,12-13,17-19,22,24H,11H2,1-6H3/b14-10+,15-7?,27-13?,28-24?/t17-,18-,19-,22-/m1/s1. The number of allylic oxidation sites excluding steroid dienone is 3. The van der Waals surface area contributed by atoms with Crippen LogP contribution in [-0.4, -0.2) is 70.6 Å². The van der Waals surface area contributed by atoms with Crippen molar-refractivity contribution in [3.63, 3.8) is 0 Å². The molecule has 0 amide bonds. The molecule has 0 spiro atoms. The molecule has 34 heavy (non-hydrogen) atoms. The summed E-state index contributed by atoms with van der Waals surface area (Å²) in [4.78, 5) is 15.1. The van der Waals surface area contributed by atoms with E-state index in [0.29, 0.717) is 22.9 Å². The Morgan fingerprint density at radius 1 is 1.29 bits per heavy atom. The van der Waals surface area contributed by atoms with E-state index in [1.165, 1.54) is 6.33 Å². The molecule has 2 saturated heterocycles. The molecular formula is C23H31N7O4. The summed E-state index contributed by atoms with van der Waals surface area (Å²) in [5.74, 6) is 0.437. The summed E-state index contributed by atoms with van der Waals surface area (Å²) < 4.78 is 26.8. The lowest BCUT2D eigenvalue weighted by Crippen LogP contribution is -2.32. The number of aromatic nitrogens is 3. The predicted octanol–water partition coefficient (Wildman–Crippen LogP) is 3.93. The van der Waals surface area contributed by atoms with E-state index in [2.05, 4.69) is 20.1 Å². The monoisotopic (exact) mass is 469 g/mol. The van der Waals surface area contributed by atoms with Crippen molar-refractivity contribution in [2.45, 2.75) is 58.0 Å². The van der Waals surface area contributed by atoms with Gasteiger partial charge in [-0.25, -0.2) is 20.5 Å². The zero-order chi connectivity index (χ0) is 24.5. The van der Waals surface area contributed by atoms with Crippen LogP contribution in [0.5, 0.6) is 0 Å². The van der Waals surface area contributed by atoms with Gasteiger partial charge in [0.25, 0.3) is 0 Å². The number of fused-ring (bicyclic) bond motifs is 2. The van der Waals surface area contributed by atoms with Gasteiger partial charge in [-0.2, -0.15) is 5.11 Å². The Balaban J connectivity index is 1.61. The van der Waals surface area contributed by atoms with Crippen LogP contribution < -0.4 is 0 Å². The number of rotatable bonds is 8. The van der Waals surface area contributed by atoms with Crippen molar-refractivity contribution in [1.82, 2.24) is 19.4 Å². The van der Waals surface area contributed by atoms with Gasteiger partial charge >= 0.3 is 0 Å². The average Bonchev–Trinajstić information content (AvgIpc) is 3.45. The van der Waals surface area contributed by atoms with Crippen LogP contribution in [0.1, 0.15) is 33.9 Å². The SMILES string of the molecule is CC=C(/C=C(\C)N=N)OC[C@H]1O[C@@H](n2ccc3c(N=CN(C)C)ncnc32)[C@@H]2OC(C)(C)O[C@@H]21. The number of nitrogens with one attached hydrogen (secondary N) is 1. The zero-order valence-corrected chi connectivity index (χ0v) is 20.3. The Kier molecular flexibility index (Phi) is 6.78. The first-order valence-corrected chi connectivity index (χ1v) is 11.1. The largest absolute Gasteiger partial charge is 0.491 e. The maximum Gasteiger partial charge on any atom is 0.166 e. The van der Waals surface area contributed by atoms with E-state index in [1.807, 2.05) is 62.7 Å². The van der Waals surface area contributed by atoms with Gasteiger partial charge in [0, 0.05) is 26.4 Å². The van der Waals surface area contributed by atoms with Crippen LogP contribution >= 0.6 is 0 Å². The van der Waals surface area contributed by atoms with Gasteiger partial charge in [-0.3, -0.25) is 0 Å². The molecule has 0 saturated carbocycles. The molecule has 182 valence electrons. The van der Waals surface area contributed by atoms with E-state index in [1.54, 1.807) is 19.3 Å². The lowest BCUT2D eigenvalue weighted by atomic mass is 10.1. The quantitative estimate of drug-likeness (QED) is 0.204. The molecule has 1 N–H and O–H groups in total. The van der Waals surface area contributed by atoms with Crippen molar-refractivity contribution in [3.05, 3.63) is 42.2 Å². The van der Waals surface area contributed by atoms with Crippen molar-refractivity contribution in [1.29, 1.82) is 5.53 Å². The Labute approximate surface area is 198 Å². The van der Waals surface area contributed by atoms with Crippen molar-refractivity contribution in [2.75, 3.05) is 20.7 Å². The molecule has 4 atom stereocenters. The van der Waals surface area contributed by atoms with E-state index >= 15 is 0 Å². The van der Waals surface area contributed by atoms with E-state index in [4.69, 9.17) is 24.5 Å². The summed E-state index contributed by atoms with van der Waals surface area (Å²) in [6.45, 7) is 7.65. The molecule has 4 heterocycles. The van der Waals surface area contributed by atoms with Gasteiger partial charge in [-0.05, 0) is 39.8 Å². The number of nitrogens with zero attached hydrogens (tertiary/aromatic N) is 6. The molecule has 11 heteroatoms. The lowest BCUT2D eigenvalue weighted by molar-refractivity contribution is -0.200. The highest BCUT2D eigenvalue weighted by Gasteiger charge is 2.56. The summed E-state index contributed by atoms with van der Waals surface area (Å²) in [6.07, 6.45) is 7.12. The fourth-order valence-electron chi connectivity index (χ4n) is 4.08. The average molecular weight is 470 g/mol. The third kappa shape index (κ3) is 4.86. The van der Waals surface area contributed by atoms with Gasteiger partial charge in [-0.1, -0.05) is 0 Å². The van der Waals surface area contributed by atoms with Crippen LogP contribution in [0.25, 0.3) is 11.0 Å². The third-order valence-electron chi connectivity index (χ3n) is 5.52. The number of aliphatic imine (C=N–C) groups is 1. The summed E-state index contributed by atoms with van der Waals surface area (Å²) in [6, 6.07) is 1.93. The maximum atomic E-state index is 7.14. The molecule has 4 rings (SSSR count). The molecule has 11 nitrogen and oxygen atoms in total. The minimum atomic E-state index is -0.751. The number of ether oxygens (including phenoxy) is 4. The molecule has 2 aliphatic heterocycles. The Bertz CT molecular complexity index is 1140. The van der Waals surface area contributed by atoms with E-state index < -0.39 is 12.0 Å². The van der Waals surface area contributed by atoms with E-state index in [0.717, 1.165) is 5.39 Å². The molecule has 0 radical (unpaired) electrons. The second-order valence-electron chi connectivity index (χ2n) is 8.90. The molecule has 2 fully saturated rings. The molecular weight excluding hydrogens is 438 g/mol. The summed E-state index contributed by atoms with van der Waals surface area (Å²) >= 11 is 0. The fourth-order valence-corrected chi connectivity index (χ4v) is 4.08. The normalized spacial score (nSPS) is 26.9. The van der Waals surface area contributed by atoms with Crippen LogP contribution in [0.3, 0.4) is 0 Å². The van der Waals surface area contributed by atoms with Crippen molar-refractivity contribution in [3.8, 4) is 0 Å². The number of hydrogen-bond acceptors (Lipinski definition) is 9. The molecule has 2 aromatic rings. The Morgan fingerprint density at radius 3 is 2.76 bits per heavy atom. The summed E-state index contributed by atoms with van der Waals surface area (Å²) in [5, 5.41) is 4.23. The van der Waals surface area contributed by atoms with Gasteiger partial charge in [-0.15, -0.1) is 0 Å². The molecule has 2 aliphatic rings. The van der Waals surface area contributed by atoms with Gasteiger partial charge < -0.3 is 28.4 Å². The second-order valence-corrected chi connectivity index (χ2v) is 8.90. The zero-order valence-electron chi connectivity index (χ0n) is 20.3. The highest BCUT2D eigenvalue weighted by molar-refractivity contribution is 5.87. The van der Waals surface area contributed by atoms with Crippen molar-refractivity contribution < 1.29 is 18.9 Å². The highest BCUT2D eigenvalue weighted by atomic mass is 16.8. The smallest absolute Gasteiger partial charge is 0.166 e. The molecule has 2 aromatic heterocycles. The first-order valence-electron chi connectivity index (χ1n) is 11.1. The van der Waals surface area contributed by atoms with E-state index in [-0.39, 0.29) is 24.9 Å². The molecule has 0 unspecified atom stereocenters. The fraction of sp³-hybridized carbons (Fsp3) is 0.522. The Hall–Kier alpha value is -3.15. The first kappa shape index (κ1) is 24.0. The van der Waals surface area contributed by atoms with Crippen molar-refractivity contribution in [2.24, 2.45) is 10.1 Å². The predicted molar refractivity (Wildman–Crippen MR) is 126 cm³/mol. The van der Waals surface area contributed by atoms with Crippen LogP contribution in [0, 0.1) is 5.53 Å². The second kappa shape index (κ2) is 9.61. The summed E-state index contributed by atoms with van der Waals surface area (Å²) in [7, 11) is 3.80. The summed E-state index contributed by atoms with van der Waals surface area (Å²) in [5.41, 5.74) is 8.38. The highest BCUT2D eigenvalue weighted by Crippen LogP contribution is 2.44. The van der Waals surface area contributed by atoms with Gasteiger partial charge in [0.15, 0.2) is 17.8 Å². The minimum absolute atomic E-state index is 0.255. The topological polar surface area (TPSA) is 119 Å². The maximum absolute atomic E-state index is 7.14. The third-order valence-corrected chi connectivity index (χ3v) is 5.52. The lowest BCUT2D eigenvalue weighted by Gasteiger charge is -2.25. The molecule has 0 aromatic carbocycles. The van der Waals surface area contributed by atoms with Gasteiger partial charge in [0.05, 0.1) is 17.4 Å². The van der Waals surface area contributed by atoms with Crippen LogP contribution in [0.4, 0.5) is 5.82 Å². The van der Waals surface area contributed by atoms with Gasteiger partial charge in [0.2, 0.25) is 0 Å². The molecule has 0 aliphatic carbocycles. The van der Waals surface area contributed by atoms with Crippen LogP contribution in [0.15, 0.2) is 52.3 Å². The Morgan fingerprint density at radius 2 is 2.06 bits per heavy atom. The number of hydrogen-bond donors (Lipinski definition) is 1. The minimum Gasteiger partial charge on any atom is -0.491 e.